The van der Waals surface area contributed by atoms with Crippen molar-refractivity contribution in [2.75, 3.05) is 11.5 Å². The number of aromatic nitrogens is 1. The molecular weight excluding hydrogens is 382 g/mol. The van der Waals surface area contributed by atoms with Crippen LogP contribution in [0.5, 0.6) is 0 Å². The Morgan fingerprint density at radius 3 is 2.04 bits per heavy atom. The first kappa shape index (κ1) is 19.9. The number of anilines is 1. The summed E-state index contributed by atoms with van der Waals surface area (Å²) in [6.07, 6.45) is -2.83. The molecule has 0 atom stereocenters. The quantitative estimate of drug-likeness (QED) is 0.469. The van der Waals surface area contributed by atoms with E-state index in [1.165, 1.54) is 0 Å². The van der Waals surface area contributed by atoms with E-state index in [4.69, 9.17) is 4.74 Å². The third kappa shape index (κ3) is 4.72. The zero-order valence-corrected chi connectivity index (χ0v) is 16.2. The molecule has 0 saturated heterocycles. The molecule has 1 aromatic heterocycles. The first-order chi connectivity index (χ1) is 13.6. The van der Waals surface area contributed by atoms with Crippen molar-refractivity contribution in [3.8, 4) is 0 Å². The fourth-order valence-electron chi connectivity index (χ4n) is 2.87. The number of rotatable bonds is 8. The third-order valence-corrected chi connectivity index (χ3v) is 4.95. The molecule has 0 aliphatic heterocycles. The van der Waals surface area contributed by atoms with Crippen LogP contribution in [0.15, 0.2) is 60.7 Å². The second-order valence-electron chi connectivity index (χ2n) is 6.10. The number of hydrogen-bond acceptors (Lipinski definition) is 5. The van der Waals surface area contributed by atoms with Gasteiger partial charge in [-0.15, -0.1) is 0 Å². The Morgan fingerprint density at radius 2 is 1.57 bits per heavy atom. The molecule has 0 radical (unpaired) electrons. The van der Waals surface area contributed by atoms with E-state index < -0.39 is 12.4 Å². The minimum absolute atomic E-state index is 0.118. The Balaban J connectivity index is 2.00. The van der Waals surface area contributed by atoms with E-state index in [1.807, 2.05) is 60.7 Å². The summed E-state index contributed by atoms with van der Waals surface area (Å²) in [6, 6.07) is 19.1. The number of halogens is 2. The molecule has 0 unspecified atom stereocenters. The number of ether oxygens (including phenoxy) is 1. The minimum Gasteiger partial charge on any atom is -0.462 e. The normalized spacial score (nSPS) is 10.9. The van der Waals surface area contributed by atoms with Crippen molar-refractivity contribution in [2.24, 2.45) is 0 Å². The maximum Gasteiger partial charge on any atom is 0.350 e. The first-order valence-electron chi connectivity index (χ1n) is 8.87. The SMILES string of the molecule is CCOC(=O)c1snc(N(Cc2ccccc2)Cc2ccccc2)c1C(F)F. The van der Waals surface area contributed by atoms with Crippen molar-refractivity contribution in [1.82, 2.24) is 4.37 Å². The summed E-state index contributed by atoms with van der Waals surface area (Å²) in [5.41, 5.74) is 1.56. The molecule has 0 saturated carbocycles. The van der Waals surface area contributed by atoms with Crippen LogP contribution < -0.4 is 4.90 Å². The van der Waals surface area contributed by atoms with Crippen molar-refractivity contribution in [3.05, 3.63) is 82.2 Å². The second-order valence-corrected chi connectivity index (χ2v) is 6.87. The van der Waals surface area contributed by atoms with Gasteiger partial charge in [0, 0.05) is 13.1 Å². The Hall–Kier alpha value is -2.80. The molecule has 0 N–H and O–H groups in total. The summed E-state index contributed by atoms with van der Waals surface area (Å²) in [5, 5.41) is 0. The van der Waals surface area contributed by atoms with E-state index in [0.29, 0.717) is 13.1 Å². The third-order valence-electron chi connectivity index (χ3n) is 4.12. The number of hydrogen-bond donors (Lipinski definition) is 0. The molecule has 2 aromatic carbocycles. The van der Waals surface area contributed by atoms with Gasteiger partial charge in [0.2, 0.25) is 0 Å². The lowest BCUT2D eigenvalue weighted by Crippen LogP contribution is -2.24. The van der Waals surface area contributed by atoms with Gasteiger partial charge >= 0.3 is 5.97 Å². The first-order valence-corrected chi connectivity index (χ1v) is 9.65. The van der Waals surface area contributed by atoms with Crippen LogP contribution in [-0.4, -0.2) is 16.9 Å². The van der Waals surface area contributed by atoms with Crippen LogP contribution in [0.1, 0.15) is 39.7 Å². The zero-order chi connectivity index (χ0) is 19.9. The molecule has 0 spiro atoms. The van der Waals surface area contributed by atoms with Crippen molar-refractivity contribution < 1.29 is 18.3 Å². The van der Waals surface area contributed by atoms with Crippen LogP contribution in [0, 0.1) is 0 Å². The number of nitrogens with zero attached hydrogens (tertiary/aromatic N) is 2. The highest BCUT2D eigenvalue weighted by Crippen LogP contribution is 2.37. The van der Waals surface area contributed by atoms with Crippen LogP contribution in [0.2, 0.25) is 0 Å². The van der Waals surface area contributed by atoms with Gasteiger partial charge in [-0.1, -0.05) is 60.7 Å². The summed E-state index contributed by atoms with van der Waals surface area (Å²) < 4.78 is 36.9. The highest BCUT2D eigenvalue weighted by Gasteiger charge is 2.30. The summed E-state index contributed by atoms with van der Waals surface area (Å²) in [6.45, 7) is 2.54. The highest BCUT2D eigenvalue weighted by molar-refractivity contribution is 7.08. The van der Waals surface area contributed by atoms with Crippen molar-refractivity contribution >= 4 is 23.3 Å². The van der Waals surface area contributed by atoms with Crippen molar-refractivity contribution in [1.29, 1.82) is 0 Å². The van der Waals surface area contributed by atoms with Gasteiger partial charge in [0.15, 0.2) is 5.82 Å². The van der Waals surface area contributed by atoms with Gasteiger partial charge in [-0.2, -0.15) is 4.37 Å². The Bertz CT molecular complexity index is 860. The molecule has 146 valence electrons. The van der Waals surface area contributed by atoms with E-state index in [-0.39, 0.29) is 22.9 Å². The molecule has 3 rings (SSSR count). The number of alkyl halides is 2. The van der Waals surface area contributed by atoms with E-state index in [0.717, 1.165) is 22.7 Å². The summed E-state index contributed by atoms with van der Waals surface area (Å²) in [5.74, 6) is -0.642. The largest absolute Gasteiger partial charge is 0.462 e. The molecule has 0 amide bonds. The van der Waals surface area contributed by atoms with Gasteiger partial charge in [-0.05, 0) is 29.6 Å². The van der Waals surface area contributed by atoms with Crippen LogP contribution in [-0.2, 0) is 17.8 Å². The standard InChI is InChI=1S/C21H20F2N2O2S/c1-2-27-21(26)18-17(19(22)23)20(24-28-18)25(13-15-9-5-3-6-10-15)14-16-11-7-4-8-12-16/h3-12,19H,2,13-14H2,1H3. The molecule has 1 heterocycles. The fourth-order valence-corrected chi connectivity index (χ4v) is 3.67. The Labute approximate surface area is 166 Å². The predicted octanol–water partition coefficient (Wildman–Crippen LogP) is 5.46. The number of carbonyl (C=O) groups is 1. The smallest absolute Gasteiger partial charge is 0.350 e. The van der Waals surface area contributed by atoms with Gasteiger partial charge in [-0.3, -0.25) is 0 Å². The van der Waals surface area contributed by atoms with E-state index in [1.54, 1.807) is 11.8 Å². The molecule has 7 heteroatoms. The summed E-state index contributed by atoms with van der Waals surface area (Å²) in [4.78, 5) is 13.7. The van der Waals surface area contributed by atoms with Crippen LogP contribution >= 0.6 is 11.5 Å². The second kappa shape index (κ2) is 9.41. The van der Waals surface area contributed by atoms with Crippen molar-refractivity contribution in [3.63, 3.8) is 0 Å². The van der Waals surface area contributed by atoms with E-state index in [9.17, 15) is 13.6 Å². The number of benzene rings is 2. The zero-order valence-electron chi connectivity index (χ0n) is 15.3. The molecule has 0 fully saturated rings. The van der Waals surface area contributed by atoms with Gasteiger partial charge < -0.3 is 9.64 Å². The summed E-state index contributed by atoms with van der Waals surface area (Å²) >= 11 is 0.756. The lowest BCUT2D eigenvalue weighted by atomic mass is 10.1. The molecule has 4 nitrogen and oxygen atoms in total. The maximum absolute atomic E-state index is 13.9. The van der Waals surface area contributed by atoms with Crippen molar-refractivity contribution in [2.45, 2.75) is 26.4 Å². The van der Waals surface area contributed by atoms with Gasteiger partial charge in [0.25, 0.3) is 6.43 Å². The van der Waals surface area contributed by atoms with Crippen LogP contribution in [0.25, 0.3) is 0 Å². The van der Waals surface area contributed by atoms with Crippen LogP contribution in [0.4, 0.5) is 14.6 Å². The lowest BCUT2D eigenvalue weighted by Gasteiger charge is -2.24. The lowest BCUT2D eigenvalue weighted by molar-refractivity contribution is 0.0522. The monoisotopic (exact) mass is 402 g/mol. The average molecular weight is 402 g/mol. The minimum atomic E-state index is -2.83. The Kier molecular flexibility index (Phi) is 6.71. The molecular formula is C21H20F2N2O2S. The molecule has 28 heavy (non-hydrogen) atoms. The highest BCUT2D eigenvalue weighted by atomic mass is 32.1. The van der Waals surface area contributed by atoms with E-state index >= 15 is 0 Å². The van der Waals surface area contributed by atoms with E-state index in [2.05, 4.69) is 4.37 Å². The average Bonchev–Trinajstić information content (AvgIpc) is 3.15. The molecule has 0 bridgehead atoms. The van der Waals surface area contributed by atoms with Gasteiger partial charge in [0.05, 0.1) is 12.2 Å². The van der Waals surface area contributed by atoms with Crippen LogP contribution in [0.3, 0.4) is 0 Å². The molecule has 3 aromatic rings. The van der Waals surface area contributed by atoms with Gasteiger partial charge in [0.1, 0.15) is 4.88 Å². The topological polar surface area (TPSA) is 42.4 Å². The van der Waals surface area contributed by atoms with Gasteiger partial charge in [-0.25, -0.2) is 13.6 Å². The number of carbonyl (C=O) groups excluding carboxylic acids is 1. The molecule has 0 aliphatic carbocycles. The molecule has 0 aliphatic rings. The Morgan fingerprint density at radius 1 is 1.04 bits per heavy atom. The predicted molar refractivity (Wildman–Crippen MR) is 106 cm³/mol. The summed E-state index contributed by atoms with van der Waals surface area (Å²) in [7, 11) is 0. The number of esters is 1. The fraction of sp³-hybridized carbons (Fsp3) is 0.238. The maximum atomic E-state index is 13.9.